The van der Waals surface area contributed by atoms with E-state index in [1.165, 1.54) is 19.3 Å². The summed E-state index contributed by atoms with van der Waals surface area (Å²) >= 11 is 0. The molecule has 0 aliphatic carbocycles. The standard InChI is InChI=1S/C8H18N2O/c1-7(11)8(9)10-5-3-2-4-6-10/h7-8,11H,2-6,9H2,1H3. The van der Waals surface area contributed by atoms with Crippen LogP contribution in [0.15, 0.2) is 0 Å². The van der Waals surface area contributed by atoms with E-state index in [-0.39, 0.29) is 6.17 Å². The summed E-state index contributed by atoms with van der Waals surface area (Å²) in [6.07, 6.45) is 3.19. The Morgan fingerprint density at radius 2 is 1.82 bits per heavy atom. The van der Waals surface area contributed by atoms with Gasteiger partial charge in [-0.05, 0) is 32.9 Å². The van der Waals surface area contributed by atoms with Gasteiger partial charge in [-0.15, -0.1) is 0 Å². The number of hydrogen-bond acceptors (Lipinski definition) is 3. The fourth-order valence-electron chi connectivity index (χ4n) is 1.52. The first kappa shape index (κ1) is 8.97. The van der Waals surface area contributed by atoms with Crippen LogP contribution in [0.4, 0.5) is 0 Å². The minimum atomic E-state index is -0.409. The third-order valence-corrected chi connectivity index (χ3v) is 2.31. The lowest BCUT2D eigenvalue weighted by molar-refractivity contribution is 0.0525. The molecule has 1 heterocycles. The van der Waals surface area contributed by atoms with Crippen molar-refractivity contribution < 1.29 is 5.11 Å². The van der Waals surface area contributed by atoms with Gasteiger partial charge in [-0.1, -0.05) is 6.42 Å². The normalized spacial score (nSPS) is 26.5. The molecule has 2 atom stereocenters. The highest BCUT2D eigenvalue weighted by Gasteiger charge is 2.20. The first-order chi connectivity index (χ1) is 5.22. The number of rotatable bonds is 2. The van der Waals surface area contributed by atoms with Crippen LogP contribution in [0.1, 0.15) is 26.2 Å². The molecule has 0 saturated carbocycles. The maximum absolute atomic E-state index is 9.21. The fraction of sp³-hybridized carbons (Fsp3) is 1.00. The zero-order valence-electron chi connectivity index (χ0n) is 7.16. The number of hydrogen-bond donors (Lipinski definition) is 2. The lowest BCUT2D eigenvalue weighted by Crippen LogP contribution is -2.50. The molecule has 1 aliphatic rings. The van der Waals surface area contributed by atoms with Crippen LogP contribution in [-0.4, -0.2) is 35.4 Å². The molecule has 0 spiro atoms. The van der Waals surface area contributed by atoms with Gasteiger partial charge < -0.3 is 10.8 Å². The highest BCUT2D eigenvalue weighted by molar-refractivity contribution is 4.73. The molecule has 66 valence electrons. The average molecular weight is 158 g/mol. The third-order valence-electron chi connectivity index (χ3n) is 2.31. The summed E-state index contributed by atoms with van der Waals surface area (Å²) in [6.45, 7) is 3.84. The van der Waals surface area contributed by atoms with Gasteiger partial charge >= 0.3 is 0 Å². The van der Waals surface area contributed by atoms with E-state index in [4.69, 9.17) is 5.73 Å². The summed E-state index contributed by atoms with van der Waals surface area (Å²) < 4.78 is 0. The second kappa shape index (κ2) is 4.04. The Labute approximate surface area is 68.2 Å². The van der Waals surface area contributed by atoms with E-state index < -0.39 is 6.10 Å². The summed E-state index contributed by atoms with van der Waals surface area (Å²) in [5, 5.41) is 9.21. The Hall–Kier alpha value is -0.120. The molecule has 0 aromatic carbocycles. The van der Waals surface area contributed by atoms with E-state index in [9.17, 15) is 5.11 Å². The maximum Gasteiger partial charge on any atom is 0.0836 e. The van der Waals surface area contributed by atoms with E-state index in [1.54, 1.807) is 6.92 Å². The fourth-order valence-corrected chi connectivity index (χ4v) is 1.52. The number of nitrogens with two attached hydrogens (primary N) is 1. The molecule has 0 aromatic rings. The molecule has 0 aromatic heterocycles. The number of likely N-dealkylation sites (tertiary alicyclic amines) is 1. The Morgan fingerprint density at radius 3 is 2.27 bits per heavy atom. The molecule has 2 unspecified atom stereocenters. The molecule has 3 nitrogen and oxygen atoms in total. The number of aliphatic hydroxyl groups excluding tert-OH is 1. The van der Waals surface area contributed by atoms with Crippen molar-refractivity contribution in [3.05, 3.63) is 0 Å². The van der Waals surface area contributed by atoms with Crippen LogP contribution < -0.4 is 5.73 Å². The largest absolute Gasteiger partial charge is 0.390 e. The van der Waals surface area contributed by atoms with Crippen molar-refractivity contribution in [2.75, 3.05) is 13.1 Å². The highest BCUT2D eigenvalue weighted by Crippen LogP contribution is 2.11. The van der Waals surface area contributed by atoms with E-state index in [0.29, 0.717) is 0 Å². The topological polar surface area (TPSA) is 49.5 Å². The SMILES string of the molecule is CC(O)C(N)N1CCCCC1. The molecule has 1 fully saturated rings. The van der Waals surface area contributed by atoms with Crippen molar-refractivity contribution in [3.63, 3.8) is 0 Å². The second-order valence-corrected chi connectivity index (χ2v) is 3.33. The zero-order chi connectivity index (χ0) is 8.27. The van der Waals surface area contributed by atoms with E-state index >= 15 is 0 Å². The first-order valence-corrected chi connectivity index (χ1v) is 4.39. The van der Waals surface area contributed by atoms with Gasteiger partial charge in [0.25, 0.3) is 0 Å². The van der Waals surface area contributed by atoms with E-state index in [2.05, 4.69) is 4.90 Å². The van der Waals surface area contributed by atoms with Gasteiger partial charge in [0.1, 0.15) is 0 Å². The number of aliphatic hydroxyl groups is 1. The van der Waals surface area contributed by atoms with Crippen LogP contribution in [0.5, 0.6) is 0 Å². The monoisotopic (exact) mass is 158 g/mol. The first-order valence-electron chi connectivity index (χ1n) is 4.39. The average Bonchev–Trinajstić information content (AvgIpc) is 2.05. The van der Waals surface area contributed by atoms with Crippen molar-refractivity contribution in [1.82, 2.24) is 4.90 Å². The number of piperidine rings is 1. The molecule has 0 radical (unpaired) electrons. The molecule has 1 rings (SSSR count). The zero-order valence-corrected chi connectivity index (χ0v) is 7.16. The Kier molecular flexibility index (Phi) is 3.30. The molecule has 1 saturated heterocycles. The van der Waals surface area contributed by atoms with Crippen molar-refractivity contribution in [1.29, 1.82) is 0 Å². The summed E-state index contributed by atoms with van der Waals surface area (Å²) in [5.74, 6) is 0. The van der Waals surface area contributed by atoms with Gasteiger partial charge in [0, 0.05) is 0 Å². The van der Waals surface area contributed by atoms with Crippen molar-refractivity contribution in [3.8, 4) is 0 Å². The molecular formula is C8H18N2O. The van der Waals surface area contributed by atoms with E-state index in [1.807, 2.05) is 0 Å². The smallest absolute Gasteiger partial charge is 0.0836 e. The van der Waals surface area contributed by atoms with Crippen molar-refractivity contribution in [2.45, 2.75) is 38.5 Å². The van der Waals surface area contributed by atoms with Gasteiger partial charge in [0.05, 0.1) is 12.3 Å². The van der Waals surface area contributed by atoms with Gasteiger partial charge in [-0.2, -0.15) is 0 Å². The van der Waals surface area contributed by atoms with Crippen LogP contribution in [-0.2, 0) is 0 Å². The number of nitrogens with zero attached hydrogens (tertiary/aromatic N) is 1. The molecule has 3 N–H and O–H groups in total. The Morgan fingerprint density at radius 1 is 1.27 bits per heavy atom. The third kappa shape index (κ3) is 2.43. The molecule has 3 heteroatoms. The minimum absolute atomic E-state index is 0.157. The summed E-state index contributed by atoms with van der Waals surface area (Å²) in [6, 6.07) is 0. The van der Waals surface area contributed by atoms with Crippen molar-refractivity contribution in [2.24, 2.45) is 5.73 Å². The summed E-state index contributed by atoms with van der Waals surface area (Å²) in [7, 11) is 0. The molecule has 11 heavy (non-hydrogen) atoms. The maximum atomic E-state index is 9.21. The van der Waals surface area contributed by atoms with Gasteiger partial charge in [0.2, 0.25) is 0 Å². The predicted octanol–water partition coefficient (Wildman–Crippen LogP) is 0.138. The molecule has 0 bridgehead atoms. The quantitative estimate of drug-likeness (QED) is 0.601. The van der Waals surface area contributed by atoms with E-state index in [0.717, 1.165) is 13.1 Å². The lowest BCUT2D eigenvalue weighted by atomic mass is 10.1. The highest BCUT2D eigenvalue weighted by atomic mass is 16.3. The molecule has 0 amide bonds. The van der Waals surface area contributed by atoms with Crippen LogP contribution in [0, 0.1) is 0 Å². The predicted molar refractivity (Wildman–Crippen MR) is 45.1 cm³/mol. The van der Waals surface area contributed by atoms with Gasteiger partial charge in [-0.3, -0.25) is 4.90 Å². The molecular weight excluding hydrogens is 140 g/mol. The van der Waals surface area contributed by atoms with Crippen LogP contribution in [0.2, 0.25) is 0 Å². The summed E-state index contributed by atoms with van der Waals surface area (Å²) in [4.78, 5) is 2.16. The van der Waals surface area contributed by atoms with Crippen molar-refractivity contribution >= 4 is 0 Å². The second-order valence-electron chi connectivity index (χ2n) is 3.33. The van der Waals surface area contributed by atoms with Gasteiger partial charge in [-0.25, -0.2) is 0 Å². The lowest BCUT2D eigenvalue weighted by Gasteiger charge is -2.33. The molecule has 1 aliphatic heterocycles. The van der Waals surface area contributed by atoms with Crippen LogP contribution in [0.25, 0.3) is 0 Å². The summed E-state index contributed by atoms with van der Waals surface area (Å²) in [5.41, 5.74) is 5.77. The van der Waals surface area contributed by atoms with Crippen LogP contribution >= 0.6 is 0 Å². The Bertz CT molecular complexity index is 111. The minimum Gasteiger partial charge on any atom is -0.390 e. The Balaban J connectivity index is 2.32. The van der Waals surface area contributed by atoms with Crippen LogP contribution in [0.3, 0.4) is 0 Å². The van der Waals surface area contributed by atoms with Gasteiger partial charge in [0.15, 0.2) is 0 Å².